The molecule has 0 spiro atoms. The first-order chi connectivity index (χ1) is 13.9. The lowest BCUT2D eigenvalue weighted by atomic mass is 10.2. The SMILES string of the molecule is Cc1c(Cl)cccc1S(=O)(=O)N1CCN(c2oc(-c3cccs3)nc2C#N)CC1. The van der Waals surface area contributed by atoms with Crippen molar-refractivity contribution in [1.82, 2.24) is 9.29 Å². The predicted octanol–water partition coefficient (Wildman–Crippen LogP) is 3.75. The average Bonchev–Trinajstić information content (AvgIpc) is 3.39. The Morgan fingerprint density at radius 3 is 2.62 bits per heavy atom. The summed E-state index contributed by atoms with van der Waals surface area (Å²) in [7, 11) is -3.65. The number of anilines is 1. The standard InChI is InChI=1S/C19H17ClN4O3S2/c1-13-14(20)4-2-6-17(13)29(25,26)24-9-7-23(8-10-24)19-15(12-21)22-18(27-19)16-5-3-11-28-16/h2-6,11H,7-10H2,1H3. The maximum absolute atomic E-state index is 13.0. The molecule has 29 heavy (non-hydrogen) atoms. The molecule has 0 bridgehead atoms. The first kappa shape index (κ1) is 19.9. The zero-order chi connectivity index (χ0) is 20.6. The molecule has 0 N–H and O–H groups in total. The molecule has 0 radical (unpaired) electrons. The van der Waals surface area contributed by atoms with Gasteiger partial charge in [0.05, 0.1) is 9.77 Å². The van der Waals surface area contributed by atoms with Crippen LogP contribution in [0.15, 0.2) is 45.0 Å². The molecule has 1 aliphatic rings. The van der Waals surface area contributed by atoms with Crippen molar-refractivity contribution in [2.24, 2.45) is 0 Å². The molecule has 1 saturated heterocycles. The number of thiophene rings is 1. The Morgan fingerprint density at radius 1 is 1.21 bits per heavy atom. The van der Waals surface area contributed by atoms with Crippen LogP contribution in [0.5, 0.6) is 0 Å². The second kappa shape index (κ2) is 7.80. The zero-order valence-corrected chi connectivity index (χ0v) is 17.9. The number of nitriles is 1. The van der Waals surface area contributed by atoms with E-state index in [1.54, 1.807) is 25.1 Å². The molecule has 0 amide bonds. The molecule has 0 saturated carbocycles. The summed E-state index contributed by atoms with van der Waals surface area (Å²) in [5.41, 5.74) is 0.745. The largest absolute Gasteiger partial charge is 0.418 e. The van der Waals surface area contributed by atoms with E-state index in [4.69, 9.17) is 16.0 Å². The molecule has 1 aromatic carbocycles. The molecule has 3 heterocycles. The van der Waals surface area contributed by atoms with Crippen LogP contribution in [0, 0.1) is 18.3 Å². The minimum Gasteiger partial charge on any atom is -0.418 e. The molecular weight excluding hydrogens is 432 g/mol. The minimum atomic E-state index is -3.65. The molecule has 1 aliphatic heterocycles. The average molecular weight is 449 g/mol. The summed E-state index contributed by atoms with van der Waals surface area (Å²) in [6.45, 7) is 3.03. The normalized spacial score (nSPS) is 15.4. The van der Waals surface area contributed by atoms with Crippen molar-refractivity contribution < 1.29 is 12.8 Å². The van der Waals surface area contributed by atoms with Crippen molar-refractivity contribution in [2.75, 3.05) is 31.1 Å². The van der Waals surface area contributed by atoms with Gasteiger partial charge in [0.2, 0.25) is 27.5 Å². The van der Waals surface area contributed by atoms with Gasteiger partial charge in [-0.1, -0.05) is 23.7 Å². The molecule has 2 aromatic heterocycles. The quantitative estimate of drug-likeness (QED) is 0.603. The Balaban J connectivity index is 1.54. The van der Waals surface area contributed by atoms with Crippen LogP contribution in [0.1, 0.15) is 11.3 Å². The van der Waals surface area contributed by atoms with E-state index in [1.807, 2.05) is 22.4 Å². The van der Waals surface area contributed by atoms with Gasteiger partial charge in [-0.25, -0.2) is 8.42 Å². The number of rotatable bonds is 4. The Bertz CT molecular complexity index is 1170. The second-order valence-electron chi connectivity index (χ2n) is 6.52. The van der Waals surface area contributed by atoms with Gasteiger partial charge < -0.3 is 9.32 Å². The number of halogens is 1. The van der Waals surface area contributed by atoms with E-state index in [9.17, 15) is 13.7 Å². The Morgan fingerprint density at radius 2 is 1.97 bits per heavy atom. The van der Waals surface area contributed by atoms with Gasteiger partial charge in [0, 0.05) is 31.2 Å². The van der Waals surface area contributed by atoms with Gasteiger partial charge in [-0.2, -0.15) is 14.6 Å². The van der Waals surface area contributed by atoms with Gasteiger partial charge in [0.15, 0.2) is 0 Å². The van der Waals surface area contributed by atoms with Crippen molar-refractivity contribution >= 4 is 38.8 Å². The fourth-order valence-corrected chi connectivity index (χ4v) is 5.79. The number of aromatic nitrogens is 1. The van der Waals surface area contributed by atoms with Crippen molar-refractivity contribution in [1.29, 1.82) is 5.26 Å². The summed E-state index contributed by atoms with van der Waals surface area (Å²) in [5.74, 6) is 0.781. The maximum atomic E-state index is 13.0. The van der Waals surface area contributed by atoms with E-state index in [0.717, 1.165) is 4.88 Å². The monoisotopic (exact) mass is 448 g/mol. The van der Waals surface area contributed by atoms with Crippen LogP contribution in [-0.2, 0) is 10.0 Å². The van der Waals surface area contributed by atoms with Crippen molar-refractivity contribution in [3.8, 4) is 16.8 Å². The number of oxazole rings is 1. The Labute approximate surface area is 177 Å². The molecule has 4 rings (SSSR count). The van der Waals surface area contributed by atoms with Crippen molar-refractivity contribution in [3.05, 3.63) is 52.0 Å². The first-order valence-corrected chi connectivity index (χ1v) is 11.6. The molecule has 3 aromatic rings. The highest BCUT2D eigenvalue weighted by Crippen LogP contribution is 2.32. The smallest absolute Gasteiger partial charge is 0.243 e. The van der Waals surface area contributed by atoms with Crippen LogP contribution in [0.2, 0.25) is 5.02 Å². The van der Waals surface area contributed by atoms with E-state index in [-0.39, 0.29) is 23.7 Å². The van der Waals surface area contributed by atoms with Gasteiger partial charge in [0.1, 0.15) is 6.07 Å². The van der Waals surface area contributed by atoms with E-state index in [0.29, 0.717) is 35.5 Å². The molecule has 1 fully saturated rings. The van der Waals surface area contributed by atoms with Crippen LogP contribution in [0.3, 0.4) is 0 Å². The fraction of sp³-hybridized carbons (Fsp3) is 0.263. The van der Waals surface area contributed by atoms with Crippen molar-refractivity contribution in [2.45, 2.75) is 11.8 Å². The lowest BCUT2D eigenvalue weighted by Crippen LogP contribution is -2.48. The van der Waals surface area contributed by atoms with Gasteiger partial charge >= 0.3 is 0 Å². The molecule has 0 aliphatic carbocycles. The summed E-state index contributed by atoms with van der Waals surface area (Å²) in [5, 5.41) is 11.8. The third-order valence-corrected chi connectivity index (χ3v) is 8.12. The molecular formula is C19H17ClN4O3S2. The van der Waals surface area contributed by atoms with E-state index < -0.39 is 10.0 Å². The third-order valence-electron chi connectivity index (χ3n) is 4.81. The van der Waals surface area contributed by atoms with Gasteiger partial charge in [0.25, 0.3) is 0 Å². The number of benzene rings is 1. The maximum Gasteiger partial charge on any atom is 0.243 e. The molecule has 0 unspecified atom stereocenters. The summed E-state index contributed by atoms with van der Waals surface area (Å²) in [6.07, 6.45) is 0. The molecule has 0 atom stereocenters. The number of nitrogens with zero attached hydrogens (tertiary/aromatic N) is 4. The zero-order valence-electron chi connectivity index (χ0n) is 15.5. The van der Waals surface area contributed by atoms with Crippen LogP contribution < -0.4 is 4.90 Å². The first-order valence-electron chi connectivity index (χ1n) is 8.87. The molecule has 150 valence electrons. The topological polar surface area (TPSA) is 90.4 Å². The third kappa shape index (κ3) is 3.65. The van der Waals surface area contributed by atoms with Crippen LogP contribution in [0.25, 0.3) is 10.8 Å². The summed E-state index contributed by atoms with van der Waals surface area (Å²) in [4.78, 5) is 7.19. The number of piperazine rings is 1. The summed E-state index contributed by atoms with van der Waals surface area (Å²) >= 11 is 7.58. The predicted molar refractivity (Wildman–Crippen MR) is 112 cm³/mol. The lowest BCUT2D eigenvalue weighted by Gasteiger charge is -2.34. The fourth-order valence-electron chi connectivity index (χ4n) is 3.24. The van der Waals surface area contributed by atoms with Crippen LogP contribution >= 0.6 is 22.9 Å². The van der Waals surface area contributed by atoms with Crippen LogP contribution in [0.4, 0.5) is 5.88 Å². The molecule has 10 heteroatoms. The highest BCUT2D eigenvalue weighted by Gasteiger charge is 2.32. The van der Waals surface area contributed by atoms with E-state index in [1.165, 1.54) is 15.6 Å². The van der Waals surface area contributed by atoms with Crippen molar-refractivity contribution in [3.63, 3.8) is 0 Å². The molecule has 7 nitrogen and oxygen atoms in total. The van der Waals surface area contributed by atoms with Gasteiger partial charge in [-0.15, -0.1) is 11.3 Å². The van der Waals surface area contributed by atoms with Gasteiger partial charge in [-0.05, 0) is 36.1 Å². The van der Waals surface area contributed by atoms with E-state index >= 15 is 0 Å². The Kier molecular flexibility index (Phi) is 5.36. The summed E-state index contributed by atoms with van der Waals surface area (Å²) < 4.78 is 33.4. The Hall–Kier alpha value is -2.38. The number of hydrogen-bond donors (Lipinski definition) is 0. The lowest BCUT2D eigenvalue weighted by molar-refractivity contribution is 0.374. The van der Waals surface area contributed by atoms with Gasteiger partial charge in [-0.3, -0.25) is 0 Å². The highest BCUT2D eigenvalue weighted by atomic mass is 35.5. The van der Waals surface area contributed by atoms with Crippen LogP contribution in [-0.4, -0.2) is 43.9 Å². The second-order valence-corrected chi connectivity index (χ2v) is 9.78. The van der Waals surface area contributed by atoms with E-state index in [2.05, 4.69) is 11.1 Å². The number of hydrogen-bond acceptors (Lipinski definition) is 7. The summed E-state index contributed by atoms with van der Waals surface area (Å²) in [6, 6.07) is 10.7. The minimum absolute atomic E-state index is 0.204. The highest BCUT2D eigenvalue weighted by molar-refractivity contribution is 7.89. The number of sulfonamides is 1.